The number of carbonyl (C=O) groups excluding carboxylic acids is 1. The highest BCUT2D eigenvalue weighted by Gasteiger charge is 2.28. The first kappa shape index (κ1) is 17.2. The lowest BCUT2D eigenvalue weighted by atomic mass is 10.3. The maximum absolute atomic E-state index is 12.6. The van der Waals surface area contributed by atoms with Crippen molar-refractivity contribution in [2.24, 2.45) is 5.10 Å². The van der Waals surface area contributed by atoms with Crippen LogP contribution in [0.5, 0.6) is 0 Å². The molecule has 0 fully saturated rings. The maximum Gasteiger partial charge on any atom is 0.229 e. The van der Waals surface area contributed by atoms with Crippen molar-refractivity contribution in [3.63, 3.8) is 0 Å². The summed E-state index contributed by atoms with van der Waals surface area (Å²) < 4.78 is 25.3. The highest BCUT2D eigenvalue weighted by molar-refractivity contribution is 8.08. The van der Waals surface area contributed by atoms with E-state index in [1.807, 2.05) is 6.07 Å². The number of Topliss-reactive ketones (excluding diaryl/α,β-unsaturated/α-hetero) is 1. The lowest BCUT2D eigenvalue weighted by Gasteiger charge is -2.08. The molecule has 0 aliphatic rings. The van der Waals surface area contributed by atoms with E-state index in [1.165, 1.54) is 24.3 Å². The van der Waals surface area contributed by atoms with Crippen LogP contribution in [0.15, 0.2) is 64.6 Å². The Labute approximate surface area is 139 Å². The van der Waals surface area contributed by atoms with Gasteiger partial charge in [0.2, 0.25) is 14.9 Å². The van der Waals surface area contributed by atoms with E-state index in [0.29, 0.717) is 10.7 Å². The molecule has 1 N–H and O–H groups in total. The molecule has 0 amide bonds. The summed E-state index contributed by atoms with van der Waals surface area (Å²) in [6.07, 6.45) is 0.0299. The van der Waals surface area contributed by atoms with Crippen LogP contribution in [0, 0.1) is 0 Å². The molecule has 0 radical (unpaired) electrons. The Morgan fingerprint density at radius 2 is 1.70 bits per heavy atom. The monoisotopic (exact) mass is 350 g/mol. The van der Waals surface area contributed by atoms with Crippen LogP contribution < -0.4 is 5.43 Å². The molecular weight excluding hydrogens is 336 g/mol. The number of hydrogen-bond acceptors (Lipinski definition) is 5. The maximum atomic E-state index is 12.6. The summed E-state index contributed by atoms with van der Waals surface area (Å²) >= 11 is 5.77. The van der Waals surface area contributed by atoms with Gasteiger partial charge >= 0.3 is 0 Å². The number of anilines is 1. The average molecular weight is 351 g/mol. The smallest absolute Gasteiger partial charge is 0.229 e. The number of nitrogens with one attached hydrogen (secondary N) is 1. The molecule has 2 aromatic rings. The minimum atomic E-state index is -4.02. The largest absolute Gasteiger partial charge is 0.292 e. The predicted molar refractivity (Wildman–Crippen MR) is 91.4 cm³/mol. The first-order valence-electron chi connectivity index (χ1n) is 6.87. The first-order chi connectivity index (χ1) is 10.9. The second-order valence-electron chi connectivity index (χ2n) is 4.63. The summed E-state index contributed by atoms with van der Waals surface area (Å²) in [4.78, 5) is 12.0. The van der Waals surface area contributed by atoms with Crippen LogP contribution in [0.2, 0.25) is 5.02 Å². The number of benzene rings is 2. The number of sulfone groups is 1. The lowest BCUT2D eigenvalue weighted by molar-refractivity contribution is -0.112. The Morgan fingerprint density at radius 1 is 1.09 bits per heavy atom. The molecule has 0 spiro atoms. The topological polar surface area (TPSA) is 75.6 Å². The van der Waals surface area contributed by atoms with Crippen molar-refractivity contribution in [1.82, 2.24) is 0 Å². The van der Waals surface area contributed by atoms with Crippen molar-refractivity contribution in [2.75, 3.05) is 5.43 Å². The third kappa shape index (κ3) is 4.18. The van der Waals surface area contributed by atoms with Gasteiger partial charge < -0.3 is 0 Å². The summed E-state index contributed by atoms with van der Waals surface area (Å²) in [5.74, 6) is -0.566. The summed E-state index contributed by atoms with van der Waals surface area (Å²) in [5, 5.41) is 3.72. The summed E-state index contributed by atoms with van der Waals surface area (Å²) in [6, 6.07) is 14.4. The highest BCUT2D eigenvalue weighted by Crippen LogP contribution is 2.18. The molecule has 23 heavy (non-hydrogen) atoms. The van der Waals surface area contributed by atoms with Crippen LogP contribution in [0.4, 0.5) is 5.69 Å². The zero-order valence-corrected chi connectivity index (χ0v) is 13.9. The van der Waals surface area contributed by atoms with E-state index in [9.17, 15) is 13.2 Å². The van der Waals surface area contributed by atoms with E-state index in [-0.39, 0.29) is 11.3 Å². The molecule has 0 saturated heterocycles. The number of carbonyl (C=O) groups is 1. The summed E-state index contributed by atoms with van der Waals surface area (Å²) in [6.45, 7) is 1.58. The van der Waals surface area contributed by atoms with Gasteiger partial charge in [-0.15, -0.1) is 0 Å². The number of rotatable bonds is 5. The van der Waals surface area contributed by atoms with Gasteiger partial charge in [-0.1, -0.05) is 36.7 Å². The van der Waals surface area contributed by atoms with Crippen molar-refractivity contribution >= 4 is 38.0 Å². The average Bonchev–Trinajstić information content (AvgIpc) is 2.56. The van der Waals surface area contributed by atoms with Crippen LogP contribution in [0.1, 0.15) is 13.3 Å². The number of nitrogens with zero attached hydrogens (tertiary/aromatic N) is 1. The van der Waals surface area contributed by atoms with Crippen LogP contribution in [0.3, 0.4) is 0 Å². The van der Waals surface area contributed by atoms with Gasteiger partial charge in [-0.05, 0) is 36.4 Å². The van der Waals surface area contributed by atoms with Crippen LogP contribution in [-0.4, -0.2) is 19.2 Å². The Balaban J connectivity index is 2.41. The first-order valence-corrected chi connectivity index (χ1v) is 8.74. The molecule has 5 nitrogen and oxygen atoms in total. The molecule has 0 heterocycles. The van der Waals surface area contributed by atoms with Gasteiger partial charge in [0.25, 0.3) is 0 Å². The zero-order chi connectivity index (χ0) is 16.9. The van der Waals surface area contributed by atoms with Crippen LogP contribution in [0.25, 0.3) is 0 Å². The van der Waals surface area contributed by atoms with Crippen molar-refractivity contribution in [1.29, 1.82) is 0 Å². The Hall–Kier alpha value is -2.18. The van der Waals surface area contributed by atoms with Gasteiger partial charge in [0.05, 0.1) is 10.6 Å². The Bertz CT molecular complexity index is 816. The number of hydrogen-bond donors (Lipinski definition) is 1. The predicted octanol–water partition coefficient (Wildman–Crippen LogP) is 3.52. The van der Waals surface area contributed by atoms with Crippen LogP contribution in [-0.2, 0) is 14.6 Å². The molecule has 0 aliphatic carbocycles. The number of para-hydroxylation sites is 1. The minimum absolute atomic E-state index is 0.0299. The van der Waals surface area contributed by atoms with Crippen molar-refractivity contribution in [3.8, 4) is 0 Å². The molecule has 7 heteroatoms. The Kier molecular flexibility index (Phi) is 5.52. The normalized spacial score (nSPS) is 12.0. The van der Waals surface area contributed by atoms with Gasteiger partial charge in [0.15, 0.2) is 5.78 Å². The third-order valence-electron chi connectivity index (χ3n) is 3.00. The lowest BCUT2D eigenvalue weighted by Crippen LogP contribution is -2.25. The van der Waals surface area contributed by atoms with E-state index >= 15 is 0 Å². The molecule has 0 aromatic heterocycles. The Morgan fingerprint density at radius 3 is 2.26 bits per heavy atom. The fourth-order valence-corrected chi connectivity index (χ4v) is 3.23. The van der Waals surface area contributed by atoms with E-state index in [0.717, 1.165) is 0 Å². The molecule has 120 valence electrons. The molecule has 2 aromatic carbocycles. The quantitative estimate of drug-likeness (QED) is 0.508. The van der Waals surface area contributed by atoms with E-state index in [4.69, 9.17) is 11.6 Å². The zero-order valence-electron chi connectivity index (χ0n) is 12.4. The molecule has 0 unspecified atom stereocenters. The summed E-state index contributed by atoms with van der Waals surface area (Å²) in [5.41, 5.74) is 3.19. The van der Waals surface area contributed by atoms with Crippen molar-refractivity contribution in [2.45, 2.75) is 18.2 Å². The van der Waals surface area contributed by atoms with Gasteiger partial charge in [-0.3, -0.25) is 10.2 Å². The molecule has 0 atom stereocenters. The molecular formula is C16H15ClN2O3S. The molecule has 0 bridgehead atoms. The van der Waals surface area contributed by atoms with Gasteiger partial charge in [0.1, 0.15) is 0 Å². The molecule has 0 aliphatic heterocycles. The van der Waals surface area contributed by atoms with Gasteiger partial charge in [-0.2, -0.15) is 5.10 Å². The number of hydrazone groups is 1. The second kappa shape index (κ2) is 7.39. The van der Waals surface area contributed by atoms with Crippen molar-refractivity contribution in [3.05, 3.63) is 59.6 Å². The molecule has 0 saturated carbocycles. The van der Waals surface area contributed by atoms with E-state index < -0.39 is 20.7 Å². The second-order valence-corrected chi connectivity index (χ2v) is 6.93. The standard InChI is InChI=1S/C16H15ClN2O3S/c1-2-15(20)16(19-18-13-6-4-3-5-7-13)23(21,22)14-10-8-12(17)9-11-14/h3-11,18H,2H2,1H3/b19-16+. The third-order valence-corrected chi connectivity index (χ3v) is 4.97. The van der Waals surface area contributed by atoms with Gasteiger partial charge in [0, 0.05) is 11.4 Å². The fraction of sp³-hybridized carbons (Fsp3) is 0.125. The number of ketones is 1. The van der Waals surface area contributed by atoms with Gasteiger partial charge in [-0.25, -0.2) is 8.42 Å². The minimum Gasteiger partial charge on any atom is -0.292 e. The highest BCUT2D eigenvalue weighted by atomic mass is 35.5. The van der Waals surface area contributed by atoms with Crippen LogP contribution >= 0.6 is 11.6 Å². The number of halogens is 1. The van der Waals surface area contributed by atoms with E-state index in [1.54, 1.807) is 31.2 Å². The van der Waals surface area contributed by atoms with E-state index in [2.05, 4.69) is 10.5 Å². The molecule has 2 rings (SSSR count). The van der Waals surface area contributed by atoms with Crippen molar-refractivity contribution < 1.29 is 13.2 Å². The summed E-state index contributed by atoms with van der Waals surface area (Å²) in [7, 11) is -4.02. The SMILES string of the molecule is CCC(=O)/C(=N\Nc1ccccc1)S(=O)(=O)c1ccc(Cl)cc1. The fourth-order valence-electron chi connectivity index (χ4n) is 1.78.